The minimum Gasteiger partial charge on any atom is -0.298 e. The zero-order chi connectivity index (χ0) is 11.5. The first-order valence-electron chi connectivity index (χ1n) is 4.41. The van der Waals surface area contributed by atoms with Crippen LogP contribution in [0, 0.1) is 0 Å². The first-order valence-corrected chi connectivity index (χ1v) is 5.23. The summed E-state index contributed by atoms with van der Waals surface area (Å²) in [7, 11) is 1.62. The Bertz CT molecular complexity index is 558. The SMILES string of the molecule is Cn1c(Sc2ccc(C=O)cn2)n[nH]c1=O. The van der Waals surface area contributed by atoms with Gasteiger partial charge in [-0.3, -0.25) is 9.36 Å². The molecule has 0 amide bonds. The van der Waals surface area contributed by atoms with E-state index in [0.29, 0.717) is 15.7 Å². The second-order valence-electron chi connectivity index (χ2n) is 3.02. The van der Waals surface area contributed by atoms with Crippen molar-refractivity contribution in [1.82, 2.24) is 19.7 Å². The molecule has 0 aromatic carbocycles. The van der Waals surface area contributed by atoms with Crippen molar-refractivity contribution in [1.29, 1.82) is 0 Å². The lowest BCUT2D eigenvalue weighted by atomic mass is 10.3. The number of pyridine rings is 1. The van der Waals surface area contributed by atoms with Crippen molar-refractivity contribution in [2.45, 2.75) is 10.2 Å². The number of rotatable bonds is 3. The zero-order valence-corrected chi connectivity index (χ0v) is 9.19. The first kappa shape index (κ1) is 10.6. The fourth-order valence-electron chi connectivity index (χ4n) is 1.04. The Morgan fingerprint density at radius 3 is 2.81 bits per heavy atom. The van der Waals surface area contributed by atoms with Gasteiger partial charge in [-0.05, 0) is 23.9 Å². The van der Waals surface area contributed by atoms with Gasteiger partial charge in [0.1, 0.15) is 5.03 Å². The van der Waals surface area contributed by atoms with E-state index in [2.05, 4.69) is 15.2 Å². The Morgan fingerprint density at radius 1 is 1.50 bits per heavy atom. The number of carbonyl (C=O) groups excluding carboxylic acids is 1. The van der Waals surface area contributed by atoms with Gasteiger partial charge in [-0.1, -0.05) is 0 Å². The molecule has 0 saturated carbocycles. The smallest absolute Gasteiger partial charge is 0.298 e. The van der Waals surface area contributed by atoms with Crippen molar-refractivity contribution < 1.29 is 4.79 Å². The Balaban J connectivity index is 2.23. The van der Waals surface area contributed by atoms with Gasteiger partial charge in [0.05, 0.1) is 0 Å². The number of H-pyrrole nitrogens is 1. The summed E-state index contributed by atoms with van der Waals surface area (Å²) in [5.41, 5.74) is 0.243. The molecule has 2 heterocycles. The van der Waals surface area contributed by atoms with Gasteiger partial charge >= 0.3 is 5.69 Å². The Labute approximate surface area is 94.7 Å². The van der Waals surface area contributed by atoms with Gasteiger partial charge in [0.25, 0.3) is 0 Å². The third kappa shape index (κ3) is 2.03. The predicted octanol–water partition coefficient (Wildman–Crippen LogP) is 0.467. The highest BCUT2D eigenvalue weighted by atomic mass is 32.2. The lowest BCUT2D eigenvalue weighted by Crippen LogP contribution is -2.12. The molecule has 82 valence electrons. The summed E-state index contributed by atoms with van der Waals surface area (Å²) in [5.74, 6) is 0. The molecule has 0 spiro atoms. The van der Waals surface area contributed by atoms with Crippen LogP contribution in [0.4, 0.5) is 0 Å². The fourth-order valence-corrected chi connectivity index (χ4v) is 1.78. The van der Waals surface area contributed by atoms with E-state index in [1.54, 1.807) is 19.2 Å². The molecular formula is C9H8N4O2S. The number of nitrogens with one attached hydrogen (secondary N) is 1. The third-order valence-electron chi connectivity index (χ3n) is 1.93. The zero-order valence-electron chi connectivity index (χ0n) is 8.38. The van der Waals surface area contributed by atoms with Gasteiger partial charge in [-0.25, -0.2) is 14.9 Å². The van der Waals surface area contributed by atoms with Gasteiger partial charge in [0.15, 0.2) is 11.4 Å². The van der Waals surface area contributed by atoms with Crippen molar-refractivity contribution in [3.05, 3.63) is 34.4 Å². The van der Waals surface area contributed by atoms with E-state index < -0.39 is 0 Å². The number of hydrogen-bond donors (Lipinski definition) is 1. The van der Waals surface area contributed by atoms with Crippen LogP contribution in [0.1, 0.15) is 10.4 Å². The Hall–Kier alpha value is -1.89. The summed E-state index contributed by atoms with van der Waals surface area (Å²) in [6.07, 6.45) is 2.20. The molecule has 0 radical (unpaired) electrons. The van der Waals surface area contributed by atoms with E-state index in [-0.39, 0.29) is 5.69 Å². The molecular weight excluding hydrogens is 228 g/mol. The molecule has 0 unspecified atom stereocenters. The summed E-state index contributed by atoms with van der Waals surface area (Å²) < 4.78 is 1.39. The standard InChI is InChI=1S/C9H8N4O2S/c1-13-8(15)11-12-9(13)16-7-3-2-6(5-14)4-10-7/h2-5H,1H3,(H,11,15). The lowest BCUT2D eigenvalue weighted by molar-refractivity contribution is 0.112. The topological polar surface area (TPSA) is 80.6 Å². The molecule has 0 bridgehead atoms. The summed E-state index contributed by atoms with van der Waals surface area (Å²) >= 11 is 1.25. The molecule has 2 rings (SSSR count). The molecule has 1 N–H and O–H groups in total. The summed E-state index contributed by atoms with van der Waals surface area (Å²) in [5, 5.41) is 7.36. The minimum absolute atomic E-state index is 0.271. The number of aromatic amines is 1. The third-order valence-corrected chi connectivity index (χ3v) is 2.93. The molecule has 16 heavy (non-hydrogen) atoms. The van der Waals surface area contributed by atoms with Gasteiger partial charge in [0.2, 0.25) is 0 Å². The largest absolute Gasteiger partial charge is 0.343 e. The fraction of sp³-hybridized carbons (Fsp3) is 0.111. The molecule has 2 aromatic rings. The molecule has 2 aromatic heterocycles. The predicted molar refractivity (Wildman–Crippen MR) is 57.6 cm³/mol. The monoisotopic (exact) mass is 236 g/mol. The van der Waals surface area contributed by atoms with Crippen LogP contribution >= 0.6 is 11.8 Å². The van der Waals surface area contributed by atoms with Crippen LogP contribution in [0.15, 0.2) is 33.3 Å². The highest BCUT2D eigenvalue weighted by Crippen LogP contribution is 2.21. The lowest BCUT2D eigenvalue weighted by Gasteiger charge is -1.98. The van der Waals surface area contributed by atoms with Gasteiger partial charge < -0.3 is 0 Å². The van der Waals surface area contributed by atoms with E-state index in [0.717, 1.165) is 6.29 Å². The number of carbonyl (C=O) groups is 1. The van der Waals surface area contributed by atoms with Crippen LogP contribution in [-0.2, 0) is 7.05 Å². The van der Waals surface area contributed by atoms with Gasteiger partial charge in [0, 0.05) is 18.8 Å². The second-order valence-corrected chi connectivity index (χ2v) is 4.01. The van der Waals surface area contributed by atoms with Gasteiger partial charge in [-0.2, -0.15) is 0 Å². The molecule has 7 heteroatoms. The van der Waals surface area contributed by atoms with Crippen molar-refractivity contribution in [2.24, 2.45) is 7.05 Å². The van der Waals surface area contributed by atoms with Crippen LogP contribution in [-0.4, -0.2) is 26.0 Å². The van der Waals surface area contributed by atoms with Crippen LogP contribution in [0.2, 0.25) is 0 Å². The highest BCUT2D eigenvalue weighted by molar-refractivity contribution is 7.99. The van der Waals surface area contributed by atoms with E-state index in [1.165, 1.54) is 22.5 Å². The molecule has 0 saturated heterocycles. The number of hydrogen-bond acceptors (Lipinski definition) is 5. The van der Waals surface area contributed by atoms with Crippen LogP contribution in [0.3, 0.4) is 0 Å². The van der Waals surface area contributed by atoms with Crippen molar-refractivity contribution in [3.8, 4) is 0 Å². The molecule has 0 atom stereocenters. The van der Waals surface area contributed by atoms with Crippen LogP contribution in [0.5, 0.6) is 0 Å². The molecule has 0 aliphatic heterocycles. The van der Waals surface area contributed by atoms with Gasteiger partial charge in [-0.15, -0.1) is 5.10 Å². The minimum atomic E-state index is -0.271. The summed E-state index contributed by atoms with van der Waals surface area (Å²) in [6, 6.07) is 3.36. The Kier molecular flexibility index (Phi) is 2.86. The van der Waals surface area contributed by atoms with Crippen LogP contribution in [0.25, 0.3) is 0 Å². The normalized spacial score (nSPS) is 10.3. The maximum Gasteiger partial charge on any atom is 0.343 e. The molecule has 0 aliphatic carbocycles. The molecule has 0 fully saturated rings. The van der Waals surface area contributed by atoms with E-state index in [4.69, 9.17) is 0 Å². The average molecular weight is 236 g/mol. The average Bonchev–Trinajstić information content (AvgIpc) is 2.62. The van der Waals surface area contributed by atoms with E-state index in [1.807, 2.05) is 0 Å². The Morgan fingerprint density at radius 2 is 2.31 bits per heavy atom. The van der Waals surface area contributed by atoms with E-state index >= 15 is 0 Å². The quantitative estimate of drug-likeness (QED) is 0.783. The van der Waals surface area contributed by atoms with Crippen molar-refractivity contribution in [3.63, 3.8) is 0 Å². The number of nitrogens with zero attached hydrogens (tertiary/aromatic N) is 3. The first-order chi connectivity index (χ1) is 7.70. The molecule has 6 nitrogen and oxygen atoms in total. The maximum atomic E-state index is 11.1. The summed E-state index contributed by atoms with van der Waals surface area (Å²) in [4.78, 5) is 25.6. The number of aromatic nitrogens is 4. The molecule has 0 aliphatic rings. The van der Waals surface area contributed by atoms with Crippen molar-refractivity contribution in [2.75, 3.05) is 0 Å². The van der Waals surface area contributed by atoms with Crippen molar-refractivity contribution >= 4 is 18.0 Å². The maximum absolute atomic E-state index is 11.1. The summed E-state index contributed by atoms with van der Waals surface area (Å²) in [6.45, 7) is 0. The highest BCUT2D eigenvalue weighted by Gasteiger charge is 2.06. The van der Waals surface area contributed by atoms with E-state index in [9.17, 15) is 9.59 Å². The second kappa shape index (κ2) is 4.31. The van der Waals surface area contributed by atoms with Crippen LogP contribution < -0.4 is 5.69 Å². The number of aldehydes is 1.